The van der Waals surface area contributed by atoms with Crippen LogP contribution in [0.15, 0.2) is 35.4 Å². The number of benzene rings is 1. The number of amides is 2. The largest absolute Gasteiger partial charge is 0.381 e. The van der Waals surface area contributed by atoms with Crippen molar-refractivity contribution < 1.29 is 14.3 Å². The summed E-state index contributed by atoms with van der Waals surface area (Å²) in [5.74, 6) is -0.193. The van der Waals surface area contributed by atoms with Crippen LogP contribution in [0.25, 0.3) is 4.85 Å². The van der Waals surface area contributed by atoms with Crippen LogP contribution in [-0.2, 0) is 20.7 Å². The molecular weight excluding hydrogens is 514 g/mol. The first-order chi connectivity index (χ1) is 18.8. The Balaban J connectivity index is 1.58. The number of nitrogens with one attached hydrogen (secondary N) is 1. The van der Waals surface area contributed by atoms with Crippen LogP contribution in [0.4, 0.5) is 11.5 Å². The number of hydrogen-bond acceptors (Lipinski definition) is 8. The quantitative estimate of drug-likeness (QED) is 0.337. The van der Waals surface area contributed by atoms with Crippen molar-refractivity contribution >= 4 is 35.1 Å². The van der Waals surface area contributed by atoms with Crippen LogP contribution in [0, 0.1) is 17.9 Å². The highest BCUT2D eigenvalue weighted by Crippen LogP contribution is 2.43. The normalized spacial score (nSPS) is 18.0. The van der Waals surface area contributed by atoms with E-state index in [2.05, 4.69) is 16.2 Å². The van der Waals surface area contributed by atoms with Gasteiger partial charge >= 0.3 is 0 Å². The summed E-state index contributed by atoms with van der Waals surface area (Å²) in [6, 6.07) is 11.3. The van der Waals surface area contributed by atoms with E-state index in [0.29, 0.717) is 91.6 Å². The topological polar surface area (TPSA) is 152 Å². The van der Waals surface area contributed by atoms with Crippen LogP contribution in [-0.4, -0.2) is 54.7 Å². The minimum absolute atomic E-state index is 0.0383. The molecule has 2 aliphatic heterocycles. The van der Waals surface area contributed by atoms with E-state index < -0.39 is 16.7 Å². The van der Waals surface area contributed by atoms with Crippen LogP contribution in [0.2, 0.25) is 0 Å². The number of nitrogens with two attached hydrogens (primary N) is 2. The van der Waals surface area contributed by atoms with Crippen molar-refractivity contribution in [3.8, 4) is 6.07 Å². The Hall–Kier alpha value is -3.64. The molecule has 2 aliphatic rings. The molecule has 5 N–H and O–H groups in total. The zero-order valence-electron chi connectivity index (χ0n) is 22.0. The third kappa shape index (κ3) is 6.17. The van der Waals surface area contributed by atoms with Crippen molar-refractivity contribution in [1.82, 2.24) is 10.3 Å². The maximum atomic E-state index is 12.9. The lowest BCUT2D eigenvalue weighted by Gasteiger charge is -2.37. The van der Waals surface area contributed by atoms with Crippen molar-refractivity contribution in [3.05, 3.63) is 58.4 Å². The molecule has 1 unspecified atom stereocenters. The third-order valence-corrected chi connectivity index (χ3v) is 8.61. The van der Waals surface area contributed by atoms with Gasteiger partial charge in [-0.2, -0.15) is 5.26 Å². The number of carbonyl (C=O) groups excluding carboxylic acids is 2. The minimum Gasteiger partial charge on any atom is -0.381 e. The van der Waals surface area contributed by atoms with Crippen LogP contribution in [0.3, 0.4) is 0 Å². The lowest BCUT2D eigenvalue weighted by atomic mass is 9.89. The summed E-state index contributed by atoms with van der Waals surface area (Å²) in [6.07, 6.45) is 2.78. The number of pyridine rings is 1. The number of primary amides is 1. The van der Waals surface area contributed by atoms with Gasteiger partial charge in [0.05, 0.1) is 17.7 Å². The Morgan fingerprint density at radius 1 is 1.31 bits per heavy atom. The minimum atomic E-state index is -0.904. The first-order valence-corrected chi connectivity index (χ1v) is 14.0. The van der Waals surface area contributed by atoms with Crippen molar-refractivity contribution in [1.29, 1.82) is 5.26 Å². The first kappa shape index (κ1) is 28.4. The predicted molar refractivity (Wildman–Crippen MR) is 149 cm³/mol. The van der Waals surface area contributed by atoms with Gasteiger partial charge in [-0.05, 0) is 43.2 Å². The fourth-order valence-corrected chi connectivity index (χ4v) is 6.09. The fraction of sp³-hybridized carbons (Fsp3) is 0.464. The molecule has 39 heavy (non-hydrogen) atoms. The van der Waals surface area contributed by atoms with Gasteiger partial charge in [0.2, 0.25) is 17.5 Å². The molecule has 1 aromatic carbocycles. The van der Waals surface area contributed by atoms with E-state index in [0.717, 1.165) is 11.8 Å². The van der Waals surface area contributed by atoms with Gasteiger partial charge in [-0.15, -0.1) is 0 Å². The average Bonchev–Trinajstić information content (AvgIpc) is 2.96. The van der Waals surface area contributed by atoms with Crippen LogP contribution in [0.5, 0.6) is 0 Å². The summed E-state index contributed by atoms with van der Waals surface area (Å²) < 4.78 is 5.35. The lowest BCUT2D eigenvalue weighted by Crippen LogP contribution is -2.59. The highest BCUT2D eigenvalue weighted by molar-refractivity contribution is 8.00. The Morgan fingerprint density at radius 3 is 2.54 bits per heavy atom. The van der Waals surface area contributed by atoms with E-state index in [1.807, 2.05) is 42.2 Å². The molecule has 0 aliphatic carbocycles. The van der Waals surface area contributed by atoms with Crippen LogP contribution in [0.1, 0.15) is 54.5 Å². The summed E-state index contributed by atoms with van der Waals surface area (Å²) >= 11 is 1.13. The molecule has 1 aromatic heterocycles. The van der Waals surface area contributed by atoms with E-state index in [1.54, 1.807) is 0 Å². The molecule has 0 saturated carbocycles. The summed E-state index contributed by atoms with van der Waals surface area (Å²) in [5.41, 5.74) is 13.2. The number of nitrogens with zero attached hydrogens (tertiary/aromatic N) is 4. The second kappa shape index (κ2) is 12.5. The van der Waals surface area contributed by atoms with Gasteiger partial charge in [-0.3, -0.25) is 9.59 Å². The molecule has 2 amide bonds. The first-order valence-electron chi connectivity index (χ1n) is 13.1. The van der Waals surface area contributed by atoms with Gasteiger partial charge < -0.3 is 26.4 Å². The van der Waals surface area contributed by atoms with E-state index in [9.17, 15) is 14.9 Å². The van der Waals surface area contributed by atoms with Gasteiger partial charge in [-0.1, -0.05) is 49.0 Å². The third-order valence-electron chi connectivity index (χ3n) is 7.36. The number of nitriles is 1. The standard InChI is InChI=1S/C28H33N7O3S/c1-3-20-21(17-29)26(39-23(24(30)36)18-7-5-4-6-8-18)34-25(22(20)32-2)35-13-9-19(10-14-35)33-27(37)28(31)11-15-38-16-12-28/h4-8,19,23H,3,9-16,31H2,1H3,(H2,30,36)(H,33,37). The van der Waals surface area contributed by atoms with E-state index >= 15 is 0 Å². The number of anilines is 1. The molecule has 3 heterocycles. The number of carbonyl (C=O) groups is 2. The molecule has 2 fully saturated rings. The molecule has 2 aromatic rings. The molecule has 0 spiro atoms. The summed E-state index contributed by atoms with van der Waals surface area (Å²) in [5, 5.41) is 12.8. The fourth-order valence-electron chi connectivity index (χ4n) is 5.03. The zero-order valence-corrected chi connectivity index (χ0v) is 22.8. The molecule has 1 atom stereocenters. The van der Waals surface area contributed by atoms with Crippen molar-refractivity contribution in [2.75, 3.05) is 31.2 Å². The van der Waals surface area contributed by atoms with Gasteiger partial charge in [-0.25, -0.2) is 9.83 Å². The SMILES string of the molecule is [C-]#[N+]c1c(N2CCC(NC(=O)C3(N)CCOCC3)CC2)nc(SC(C(N)=O)c2ccccc2)c(C#N)c1CC. The number of ether oxygens (including phenoxy) is 1. The van der Waals surface area contributed by atoms with Crippen molar-refractivity contribution in [2.24, 2.45) is 11.5 Å². The number of rotatable bonds is 8. The monoisotopic (exact) mass is 547 g/mol. The van der Waals surface area contributed by atoms with Crippen LogP contribution >= 0.6 is 11.8 Å². The van der Waals surface area contributed by atoms with Gasteiger partial charge in [0.1, 0.15) is 22.2 Å². The predicted octanol–water partition coefficient (Wildman–Crippen LogP) is 2.98. The average molecular weight is 548 g/mol. The Bertz CT molecular complexity index is 1290. The lowest BCUT2D eigenvalue weighted by molar-refractivity contribution is -0.130. The van der Waals surface area contributed by atoms with Gasteiger partial charge in [0.15, 0.2) is 0 Å². The second-order valence-electron chi connectivity index (χ2n) is 9.83. The van der Waals surface area contributed by atoms with E-state index in [4.69, 9.17) is 27.8 Å². The molecular formula is C28H33N7O3S. The van der Waals surface area contributed by atoms with Crippen molar-refractivity contribution in [2.45, 2.75) is 60.9 Å². The van der Waals surface area contributed by atoms with E-state index in [-0.39, 0.29) is 11.9 Å². The Kier molecular flexibility index (Phi) is 9.08. The number of thioether (sulfide) groups is 1. The number of hydrogen-bond donors (Lipinski definition) is 3. The van der Waals surface area contributed by atoms with Gasteiger partial charge in [0.25, 0.3) is 0 Å². The molecule has 0 bridgehead atoms. The molecule has 10 nitrogen and oxygen atoms in total. The van der Waals surface area contributed by atoms with Crippen LogP contribution < -0.4 is 21.7 Å². The Labute approximate surface area is 232 Å². The highest BCUT2D eigenvalue weighted by atomic mass is 32.2. The summed E-state index contributed by atoms with van der Waals surface area (Å²) in [4.78, 5) is 35.9. The second-order valence-corrected chi connectivity index (χ2v) is 10.9. The van der Waals surface area contributed by atoms with Gasteiger partial charge in [0, 0.05) is 32.3 Å². The van der Waals surface area contributed by atoms with Crippen molar-refractivity contribution in [3.63, 3.8) is 0 Å². The highest BCUT2D eigenvalue weighted by Gasteiger charge is 2.37. The zero-order chi connectivity index (χ0) is 28.0. The molecule has 11 heteroatoms. The molecule has 4 rings (SSSR count). The number of piperidine rings is 1. The maximum Gasteiger partial charge on any atom is 0.240 e. The maximum absolute atomic E-state index is 12.9. The Morgan fingerprint density at radius 2 is 1.97 bits per heavy atom. The molecule has 0 radical (unpaired) electrons. The molecule has 204 valence electrons. The summed E-state index contributed by atoms with van der Waals surface area (Å²) in [7, 11) is 0. The van der Waals surface area contributed by atoms with E-state index in [1.165, 1.54) is 0 Å². The molecule has 2 saturated heterocycles. The summed E-state index contributed by atoms with van der Waals surface area (Å²) in [6.45, 7) is 11.9. The number of aromatic nitrogens is 1. The smallest absolute Gasteiger partial charge is 0.240 e.